The van der Waals surface area contributed by atoms with E-state index in [1.54, 1.807) is 0 Å². The highest BCUT2D eigenvalue weighted by Gasteiger charge is 2.24. The van der Waals surface area contributed by atoms with E-state index in [9.17, 15) is 19.8 Å². The molecule has 0 saturated heterocycles. The summed E-state index contributed by atoms with van der Waals surface area (Å²) in [5.41, 5.74) is 0. The van der Waals surface area contributed by atoms with E-state index in [2.05, 4.69) is 62.5 Å². The van der Waals surface area contributed by atoms with Crippen molar-refractivity contribution in [1.82, 2.24) is 5.32 Å². The van der Waals surface area contributed by atoms with E-state index in [-0.39, 0.29) is 24.9 Å². The van der Waals surface area contributed by atoms with Crippen molar-refractivity contribution in [3.8, 4) is 0 Å². The molecule has 0 aromatic heterocycles. The number of nitrogens with one attached hydrogen (secondary N) is 1. The lowest BCUT2D eigenvalue weighted by atomic mass is 10.0. The second-order valence-corrected chi connectivity index (χ2v) is 19.7. The first-order chi connectivity index (χ1) is 32.0. The Morgan fingerprint density at radius 2 is 0.785 bits per heavy atom. The summed E-state index contributed by atoms with van der Waals surface area (Å²) in [6, 6.07) is -0.708. The van der Waals surface area contributed by atoms with Gasteiger partial charge in [0, 0.05) is 6.42 Å². The number of hydrogen-bond donors (Lipinski definition) is 3. The minimum atomic E-state index is -0.793. The van der Waals surface area contributed by atoms with Crippen LogP contribution in [0, 0.1) is 0 Å². The zero-order valence-electron chi connectivity index (χ0n) is 43.6. The first-order valence-electron chi connectivity index (χ1n) is 28.7. The molecule has 3 unspecified atom stereocenters. The molecule has 0 heterocycles. The third kappa shape index (κ3) is 48.3. The van der Waals surface area contributed by atoms with Crippen LogP contribution in [0.15, 0.2) is 36.5 Å². The third-order valence-corrected chi connectivity index (χ3v) is 13.2. The second-order valence-electron chi connectivity index (χ2n) is 19.7. The number of carbonyl (C=O) groups excluding carboxylic acids is 2. The molecule has 0 spiro atoms. The number of esters is 1. The van der Waals surface area contributed by atoms with Gasteiger partial charge in [-0.2, -0.15) is 0 Å². The highest BCUT2D eigenvalue weighted by Crippen LogP contribution is 2.18. The van der Waals surface area contributed by atoms with Crippen LogP contribution in [0.3, 0.4) is 0 Å². The Bertz CT molecular complexity index is 1070. The Hall–Kier alpha value is -1.92. The molecule has 0 rings (SSSR count). The molecule has 0 bridgehead atoms. The average molecular weight is 915 g/mol. The van der Waals surface area contributed by atoms with Gasteiger partial charge in [0.1, 0.15) is 6.10 Å². The zero-order chi connectivity index (χ0) is 47.4. The standard InChI is InChI=1S/C59H111NO5/c1-4-7-10-13-16-19-22-25-28-29-31-33-36-39-42-45-48-51-57(62)56(54-61)60-58(63)53-55(50-47-44-41-38-35-32-30-26-23-20-17-14-11-8-5-2)65-59(64)52-49-46-43-40-37-34-27-24-21-18-15-12-9-6-3/h17,20,26,30,34,37,55-57,61-62H,4-16,18-19,21-25,27-29,31-33,35-36,38-54H2,1-3H3,(H,60,63)/b20-17-,30-26-,37-34-. The molecule has 3 N–H and O–H groups in total. The van der Waals surface area contributed by atoms with E-state index in [4.69, 9.17) is 4.74 Å². The first kappa shape index (κ1) is 63.1. The predicted octanol–water partition coefficient (Wildman–Crippen LogP) is 17.6. The lowest BCUT2D eigenvalue weighted by molar-refractivity contribution is -0.151. The summed E-state index contributed by atoms with van der Waals surface area (Å²) in [5.74, 6) is -0.494. The predicted molar refractivity (Wildman–Crippen MR) is 282 cm³/mol. The van der Waals surface area contributed by atoms with Crippen LogP contribution in [0.2, 0.25) is 0 Å². The second kappa shape index (κ2) is 53.0. The van der Waals surface area contributed by atoms with Crippen molar-refractivity contribution in [3.05, 3.63) is 36.5 Å². The van der Waals surface area contributed by atoms with Crippen molar-refractivity contribution in [2.45, 2.75) is 322 Å². The van der Waals surface area contributed by atoms with Crippen LogP contribution in [0.1, 0.15) is 303 Å². The van der Waals surface area contributed by atoms with Gasteiger partial charge in [-0.25, -0.2) is 0 Å². The summed E-state index contributed by atoms with van der Waals surface area (Å²) in [6.07, 6.45) is 63.5. The monoisotopic (exact) mass is 914 g/mol. The normalized spacial score (nSPS) is 13.4. The molecule has 0 aliphatic heterocycles. The lowest BCUT2D eigenvalue weighted by Gasteiger charge is -2.24. The molecule has 0 fully saturated rings. The number of rotatable bonds is 52. The van der Waals surface area contributed by atoms with Gasteiger partial charge < -0.3 is 20.3 Å². The lowest BCUT2D eigenvalue weighted by Crippen LogP contribution is -2.46. The summed E-state index contributed by atoms with van der Waals surface area (Å²) in [4.78, 5) is 26.2. The van der Waals surface area contributed by atoms with Gasteiger partial charge in [-0.15, -0.1) is 0 Å². The molecule has 0 aliphatic carbocycles. The molecule has 0 aromatic rings. The van der Waals surface area contributed by atoms with Gasteiger partial charge in [-0.05, 0) is 83.5 Å². The number of aliphatic hydroxyl groups is 2. The van der Waals surface area contributed by atoms with Crippen molar-refractivity contribution >= 4 is 11.9 Å². The summed E-state index contributed by atoms with van der Waals surface area (Å²) in [5, 5.41) is 23.9. The Labute approximate surface area is 404 Å². The van der Waals surface area contributed by atoms with E-state index in [0.717, 1.165) is 70.6 Å². The minimum absolute atomic E-state index is 0.0649. The van der Waals surface area contributed by atoms with Crippen LogP contribution >= 0.6 is 0 Å². The minimum Gasteiger partial charge on any atom is -0.462 e. The highest BCUT2D eigenvalue weighted by atomic mass is 16.5. The molecule has 0 radical (unpaired) electrons. The maximum absolute atomic E-state index is 13.3. The molecule has 0 aromatic carbocycles. The maximum atomic E-state index is 13.3. The van der Waals surface area contributed by atoms with Crippen LogP contribution in [-0.4, -0.2) is 46.9 Å². The van der Waals surface area contributed by atoms with Gasteiger partial charge in [0.15, 0.2) is 0 Å². The quantitative estimate of drug-likeness (QED) is 0.0321. The summed E-state index contributed by atoms with van der Waals surface area (Å²) >= 11 is 0. The van der Waals surface area contributed by atoms with Crippen molar-refractivity contribution in [3.63, 3.8) is 0 Å². The summed E-state index contributed by atoms with van der Waals surface area (Å²) < 4.78 is 5.94. The van der Waals surface area contributed by atoms with Gasteiger partial charge in [-0.1, -0.05) is 243 Å². The fraction of sp³-hybridized carbons (Fsp3) is 0.864. The van der Waals surface area contributed by atoms with Crippen LogP contribution in [0.25, 0.3) is 0 Å². The van der Waals surface area contributed by atoms with Crippen LogP contribution in [-0.2, 0) is 14.3 Å². The molecule has 6 heteroatoms. The van der Waals surface area contributed by atoms with E-state index in [1.165, 1.54) is 186 Å². The Morgan fingerprint density at radius 1 is 0.446 bits per heavy atom. The van der Waals surface area contributed by atoms with E-state index < -0.39 is 18.2 Å². The Balaban J connectivity index is 4.55. The molecular formula is C59H111NO5. The average Bonchev–Trinajstić information content (AvgIpc) is 3.30. The van der Waals surface area contributed by atoms with Gasteiger partial charge >= 0.3 is 5.97 Å². The number of hydrogen-bond acceptors (Lipinski definition) is 5. The van der Waals surface area contributed by atoms with E-state index in [1.807, 2.05) is 0 Å². The fourth-order valence-corrected chi connectivity index (χ4v) is 8.81. The number of carbonyl (C=O) groups is 2. The number of aliphatic hydroxyl groups excluding tert-OH is 2. The van der Waals surface area contributed by atoms with Crippen molar-refractivity contribution < 1.29 is 24.5 Å². The third-order valence-electron chi connectivity index (χ3n) is 13.2. The van der Waals surface area contributed by atoms with E-state index in [0.29, 0.717) is 19.3 Å². The number of unbranched alkanes of at least 4 members (excludes halogenated alkanes) is 34. The van der Waals surface area contributed by atoms with Crippen LogP contribution in [0.5, 0.6) is 0 Å². The molecule has 3 atom stereocenters. The molecule has 6 nitrogen and oxygen atoms in total. The fourth-order valence-electron chi connectivity index (χ4n) is 8.81. The number of ether oxygens (including phenoxy) is 1. The Kier molecular flexibility index (Phi) is 51.5. The zero-order valence-corrected chi connectivity index (χ0v) is 43.6. The SMILES string of the molecule is CCCCC/C=C\C/C=C\CCCCCCCC(CC(=O)NC(CO)C(O)CCCCCCCCCCCCCCCCCCC)OC(=O)CCCCC/C=C\CCCCCCCCC. The molecule has 65 heavy (non-hydrogen) atoms. The number of allylic oxidation sites excluding steroid dienone is 6. The molecule has 0 saturated carbocycles. The van der Waals surface area contributed by atoms with Gasteiger partial charge in [0.05, 0.1) is 25.2 Å². The Morgan fingerprint density at radius 3 is 1.22 bits per heavy atom. The molecule has 382 valence electrons. The maximum Gasteiger partial charge on any atom is 0.306 e. The summed E-state index contributed by atoms with van der Waals surface area (Å²) in [7, 11) is 0. The van der Waals surface area contributed by atoms with Gasteiger partial charge in [-0.3, -0.25) is 9.59 Å². The van der Waals surface area contributed by atoms with E-state index >= 15 is 0 Å². The largest absolute Gasteiger partial charge is 0.462 e. The molecule has 1 amide bonds. The summed E-state index contributed by atoms with van der Waals surface area (Å²) in [6.45, 7) is 6.48. The smallest absolute Gasteiger partial charge is 0.306 e. The molecular weight excluding hydrogens is 803 g/mol. The van der Waals surface area contributed by atoms with Crippen LogP contribution in [0.4, 0.5) is 0 Å². The van der Waals surface area contributed by atoms with Crippen molar-refractivity contribution in [1.29, 1.82) is 0 Å². The van der Waals surface area contributed by atoms with Gasteiger partial charge in [0.2, 0.25) is 5.91 Å². The molecule has 0 aliphatic rings. The number of amides is 1. The van der Waals surface area contributed by atoms with Gasteiger partial charge in [0.25, 0.3) is 0 Å². The highest BCUT2D eigenvalue weighted by molar-refractivity contribution is 5.77. The first-order valence-corrected chi connectivity index (χ1v) is 28.7. The topological polar surface area (TPSA) is 95.9 Å². The van der Waals surface area contributed by atoms with Crippen molar-refractivity contribution in [2.24, 2.45) is 0 Å². The van der Waals surface area contributed by atoms with Crippen LogP contribution < -0.4 is 5.32 Å². The van der Waals surface area contributed by atoms with Crippen molar-refractivity contribution in [2.75, 3.05) is 6.61 Å².